The lowest BCUT2D eigenvalue weighted by atomic mass is 9.71. The van der Waals surface area contributed by atoms with Crippen LogP contribution in [-0.2, 0) is 20.9 Å². The highest BCUT2D eigenvalue weighted by Crippen LogP contribution is 2.67. The molecule has 3 heterocycles. The monoisotopic (exact) mass is 508 g/mol. The van der Waals surface area contributed by atoms with Crippen molar-refractivity contribution in [2.24, 2.45) is 11.8 Å². The van der Waals surface area contributed by atoms with Gasteiger partial charge < -0.3 is 20.0 Å². The number of aliphatic hydroxyl groups is 1. The van der Waals surface area contributed by atoms with Gasteiger partial charge in [-0.2, -0.15) is 0 Å². The first-order valence-electron chi connectivity index (χ1n) is 10.3. The smallest absolute Gasteiger partial charge is 0.308 e. The number of benzene rings is 1. The number of carboxylic acids is 1. The summed E-state index contributed by atoms with van der Waals surface area (Å²) >= 11 is 5.07. The number of likely N-dealkylation sites (tertiary alicyclic amines) is 1. The van der Waals surface area contributed by atoms with E-state index in [1.165, 1.54) is 16.7 Å². The molecule has 3 unspecified atom stereocenters. The van der Waals surface area contributed by atoms with Crippen LogP contribution >= 0.6 is 27.7 Å². The third-order valence-electron chi connectivity index (χ3n) is 6.53. The van der Waals surface area contributed by atoms with Crippen LogP contribution in [0.15, 0.2) is 43.0 Å². The van der Waals surface area contributed by atoms with Crippen molar-refractivity contribution in [1.29, 1.82) is 0 Å². The molecular weight excluding hydrogens is 484 g/mol. The molecule has 0 saturated carbocycles. The highest BCUT2D eigenvalue weighted by molar-refractivity contribution is 9.09. The minimum atomic E-state index is -1.01. The molecule has 3 aliphatic rings. The van der Waals surface area contributed by atoms with Crippen LogP contribution in [-0.4, -0.2) is 78.4 Å². The van der Waals surface area contributed by atoms with Crippen LogP contribution in [0.5, 0.6) is 0 Å². The van der Waals surface area contributed by atoms with Crippen molar-refractivity contribution in [3.05, 3.63) is 48.6 Å². The zero-order valence-corrected chi connectivity index (χ0v) is 19.3. The predicted octanol–water partition coefficient (Wildman–Crippen LogP) is 1.74. The van der Waals surface area contributed by atoms with E-state index in [0.717, 1.165) is 5.56 Å². The van der Waals surface area contributed by atoms with E-state index in [2.05, 4.69) is 22.5 Å². The van der Waals surface area contributed by atoms with E-state index in [0.29, 0.717) is 19.5 Å². The van der Waals surface area contributed by atoms with Crippen LogP contribution in [0.25, 0.3) is 0 Å². The van der Waals surface area contributed by atoms with Gasteiger partial charge in [0.15, 0.2) is 0 Å². The molecule has 2 N–H and O–H groups in total. The van der Waals surface area contributed by atoms with Gasteiger partial charge in [-0.15, -0.1) is 18.3 Å². The second-order valence-electron chi connectivity index (χ2n) is 8.25. The molecule has 9 heteroatoms. The van der Waals surface area contributed by atoms with Gasteiger partial charge in [0.1, 0.15) is 6.04 Å². The number of thioether (sulfide) groups is 1. The summed E-state index contributed by atoms with van der Waals surface area (Å²) in [6.07, 6.45) is 2.18. The summed E-state index contributed by atoms with van der Waals surface area (Å²) in [6, 6.07) is 8.75. The Labute approximate surface area is 193 Å². The largest absolute Gasteiger partial charge is 0.481 e. The van der Waals surface area contributed by atoms with Gasteiger partial charge in [-0.1, -0.05) is 52.3 Å². The van der Waals surface area contributed by atoms with Crippen molar-refractivity contribution >= 4 is 45.5 Å². The van der Waals surface area contributed by atoms with Crippen molar-refractivity contribution < 1.29 is 24.6 Å². The normalized spacial score (nSPS) is 33.4. The van der Waals surface area contributed by atoms with Gasteiger partial charge in [-0.05, 0) is 12.0 Å². The number of β-amino-alcohol motifs (C(OH)–C–C–N with tert-alkyl or cyclic N) is 1. The van der Waals surface area contributed by atoms with Crippen LogP contribution in [0.3, 0.4) is 0 Å². The first-order valence-corrected chi connectivity index (χ1v) is 12.0. The summed E-state index contributed by atoms with van der Waals surface area (Å²) in [5, 5.41) is 19.2. The Morgan fingerprint density at radius 2 is 2.06 bits per heavy atom. The molecule has 166 valence electrons. The molecule has 3 aliphatic heterocycles. The molecule has 6 atom stereocenters. The lowest BCUT2D eigenvalue weighted by molar-refractivity contribution is -0.148. The Kier molecular flexibility index (Phi) is 6.20. The molecule has 3 saturated heterocycles. The van der Waals surface area contributed by atoms with Gasteiger partial charge in [-0.25, -0.2) is 0 Å². The fraction of sp³-hybridized carbons (Fsp3) is 0.500. The number of halogens is 1. The van der Waals surface area contributed by atoms with Crippen molar-refractivity contribution in [2.75, 3.05) is 19.7 Å². The number of rotatable bonds is 8. The first kappa shape index (κ1) is 22.4. The van der Waals surface area contributed by atoms with Crippen molar-refractivity contribution in [1.82, 2.24) is 9.80 Å². The van der Waals surface area contributed by atoms with Crippen LogP contribution in [0.2, 0.25) is 0 Å². The van der Waals surface area contributed by atoms with Crippen LogP contribution in [0, 0.1) is 11.8 Å². The summed E-state index contributed by atoms with van der Waals surface area (Å²) in [5.74, 6) is -3.20. The summed E-state index contributed by atoms with van der Waals surface area (Å²) in [6.45, 7) is 4.16. The van der Waals surface area contributed by atoms with E-state index in [4.69, 9.17) is 0 Å². The molecule has 7 nitrogen and oxygen atoms in total. The molecule has 31 heavy (non-hydrogen) atoms. The maximum atomic E-state index is 13.9. The topological polar surface area (TPSA) is 98.2 Å². The molecule has 1 spiro atoms. The van der Waals surface area contributed by atoms with Crippen LogP contribution in [0.1, 0.15) is 12.0 Å². The van der Waals surface area contributed by atoms with Crippen molar-refractivity contribution in [2.45, 2.75) is 33.8 Å². The molecule has 0 radical (unpaired) electrons. The number of nitrogens with zero attached hydrogens (tertiary/aromatic N) is 2. The number of hydrogen-bond acceptors (Lipinski definition) is 5. The van der Waals surface area contributed by atoms with Gasteiger partial charge in [0.2, 0.25) is 11.8 Å². The van der Waals surface area contributed by atoms with Crippen molar-refractivity contribution in [3.63, 3.8) is 0 Å². The fourth-order valence-corrected chi connectivity index (χ4v) is 9.00. The second-order valence-corrected chi connectivity index (χ2v) is 11.0. The maximum Gasteiger partial charge on any atom is 0.308 e. The van der Waals surface area contributed by atoms with E-state index in [1.54, 1.807) is 11.0 Å². The molecule has 2 bridgehead atoms. The van der Waals surface area contributed by atoms with Gasteiger partial charge in [-0.3, -0.25) is 14.4 Å². The molecule has 3 fully saturated rings. The Balaban J connectivity index is 1.73. The Hall–Kier alpha value is -1.84. The fourth-order valence-electron chi connectivity index (χ4n) is 5.40. The average Bonchev–Trinajstić information content (AvgIpc) is 3.32. The van der Waals surface area contributed by atoms with Gasteiger partial charge in [0.05, 0.1) is 23.2 Å². The van der Waals surface area contributed by atoms with Crippen LogP contribution < -0.4 is 0 Å². The molecule has 0 aliphatic carbocycles. The highest BCUT2D eigenvalue weighted by atomic mass is 79.9. The Bertz CT molecular complexity index is 899. The third-order valence-corrected chi connectivity index (χ3v) is 9.75. The number of fused-ring (bicyclic) bond motifs is 1. The zero-order valence-electron chi connectivity index (χ0n) is 16.9. The van der Waals surface area contributed by atoms with E-state index in [9.17, 15) is 24.6 Å². The standard InChI is InChI=1S/C22H25BrN2O5S/c1-2-8-24(12-13-6-4-3-5-7-13)20(28)18-22-11-14(23)17(31-22)15(21(29)30)16(22)19(27)25(18)9-10-26/h2-7,14-18,26H,1,8-12H2,(H,29,30)/t14?,15-,16+,17-,18?,22?/m1/s1. The number of carbonyl (C=O) groups excluding carboxylic acids is 2. The number of alkyl halides is 1. The third kappa shape index (κ3) is 3.50. The first-order chi connectivity index (χ1) is 14.9. The number of carbonyl (C=O) groups is 3. The van der Waals surface area contributed by atoms with Gasteiger partial charge in [0, 0.05) is 29.7 Å². The molecule has 4 rings (SSSR count). The molecule has 1 aromatic carbocycles. The Morgan fingerprint density at radius 1 is 1.35 bits per heavy atom. The highest BCUT2D eigenvalue weighted by Gasteiger charge is 2.75. The lowest BCUT2D eigenvalue weighted by Crippen LogP contribution is -2.55. The van der Waals surface area contributed by atoms with E-state index in [-0.39, 0.29) is 35.0 Å². The summed E-state index contributed by atoms with van der Waals surface area (Å²) < 4.78 is -0.818. The minimum absolute atomic E-state index is 0.00523. The summed E-state index contributed by atoms with van der Waals surface area (Å²) in [7, 11) is 0. The quantitative estimate of drug-likeness (QED) is 0.410. The van der Waals surface area contributed by atoms with Crippen LogP contribution in [0.4, 0.5) is 0 Å². The lowest BCUT2D eigenvalue weighted by Gasteiger charge is -2.37. The Morgan fingerprint density at radius 3 is 2.68 bits per heavy atom. The molecular formula is C22H25BrN2O5S. The number of amides is 2. The van der Waals surface area contributed by atoms with Gasteiger partial charge >= 0.3 is 5.97 Å². The number of carboxylic acid groups (broad SMARTS) is 1. The van der Waals surface area contributed by atoms with Crippen molar-refractivity contribution in [3.8, 4) is 0 Å². The predicted molar refractivity (Wildman–Crippen MR) is 121 cm³/mol. The number of hydrogen-bond donors (Lipinski definition) is 2. The summed E-state index contributed by atoms with van der Waals surface area (Å²) in [5.41, 5.74) is 0.954. The molecule has 1 aromatic rings. The second kappa shape index (κ2) is 8.60. The van der Waals surface area contributed by atoms with E-state index < -0.39 is 28.6 Å². The molecule has 2 amide bonds. The maximum absolute atomic E-state index is 13.9. The SMILES string of the molecule is C=CCN(Cc1ccccc1)C(=O)C1N(CCO)C(=O)[C@@H]2[C@@H](C(=O)O)[C@@H]3SC12CC3Br. The molecule has 0 aromatic heterocycles. The van der Waals surface area contributed by atoms with E-state index >= 15 is 0 Å². The van der Waals surface area contributed by atoms with Gasteiger partial charge in [0.25, 0.3) is 0 Å². The number of aliphatic carboxylic acids is 1. The zero-order chi connectivity index (χ0) is 22.3. The average molecular weight is 509 g/mol. The van der Waals surface area contributed by atoms with E-state index in [1.807, 2.05) is 30.3 Å². The minimum Gasteiger partial charge on any atom is -0.481 e. The number of aliphatic hydroxyl groups excluding tert-OH is 1. The summed E-state index contributed by atoms with van der Waals surface area (Å²) in [4.78, 5) is 42.3.